The molecule has 0 radical (unpaired) electrons. The van der Waals surface area contributed by atoms with Gasteiger partial charge in [-0.1, -0.05) is 18.2 Å². The highest BCUT2D eigenvalue weighted by Gasteiger charge is 2.32. The van der Waals surface area contributed by atoms with Crippen LogP contribution >= 0.6 is 15.2 Å². The van der Waals surface area contributed by atoms with Crippen LogP contribution in [0.15, 0.2) is 30.3 Å². The molecule has 6 nitrogen and oxygen atoms in total. The van der Waals surface area contributed by atoms with Crippen LogP contribution in [0.4, 0.5) is 0 Å². The summed E-state index contributed by atoms with van der Waals surface area (Å²) in [5.41, 5.74) is 0. The van der Waals surface area contributed by atoms with Crippen molar-refractivity contribution in [1.29, 1.82) is 0 Å². The van der Waals surface area contributed by atoms with Crippen LogP contribution in [-0.2, 0) is 18.1 Å². The summed E-state index contributed by atoms with van der Waals surface area (Å²) >= 11 is 0. The maximum absolute atomic E-state index is 11.6. The number of hydrogen-bond acceptors (Lipinski definition) is 5. The third-order valence-electron chi connectivity index (χ3n) is 1.49. The lowest BCUT2D eigenvalue weighted by Gasteiger charge is -2.14. The van der Waals surface area contributed by atoms with Crippen molar-refractivity contribution in [3.8, 4) is 0 Å². The molecule has 2 unspecified atom stereocenters. The summed E-state index contributed by atoms with van der Waals surface area (Å²) in [5.74, 6) is 0. The van der Waals surface area contributed by atoms with Crippen molar-refractivity contribution < 1.29 is 28.3 Å². The minimum absolute atomic E-state index is 0.0240. The van der Waals surface area contributed by atoms with Crippen molar-refractivity contribution in [2.45, 2.75) is 0 Å². The summed E-state index contributed by atoms with van der Waals surface area (Å²) in [5, 5.41) is 8.16. The van der Waals surface area contributed by atoms with Gasteiger partial charge in [0.15, 0.2) is 0 Å². The van der Waals surface area contributed by atoms with E-state index in [0.29, 0.717) is 0 Å². The molecule has 0 heterocycles. The lowest BCUT2D eigenvalue weighted by molar-refractivity contribution is -0.143. The molecule has 0 bridgehead atoms. The van der Waals surface area contributed by atoms with E-state index >= 15 is 0 Å². The topological polar surface area (TPSA) is 93.1 Å². The minimum atomic E-state index is -4.23. The highest BCUT2D eigenvalue weighted by atomic mass is 31.3. The fraction of sp³-hybridized carbons (Fsp3) is 0.143. The van der Waals surface area contributed by atoms with E-state index in [1.54, 1.807) is 6.07 Å². The van der Waals surface area contributed by atoms with Gasteiger partial charge in [0.1, 0.15) is 0 Å². The Morgan fingerprint density at radius 3 is 2.20 bits per heavy atom. The molecule has 15 heavy (non-hydrogen) atoms. The zero-order chi connectivity index (χ0) is 11.5. The van der Waals surface area contributed by atoms with Crippen molar-refractivity contribution >= 4 is 20.5 Å². The molecule has 1 aromatic carbocycles. The van der Waals surface area contributed by atoms with Gasteiger partial charge in [0.25, 0.3) is 0 Å². The van der Waals surface area contributed by atoms with Crippen LogP contribution in [0.3, 0.4) is 0 Å². The number of benzene rings is 1. The maximum Gasteiger partial charge on any atom is 0.365 e. The Labute approximate surface area is 86.5 Å². The van der Waals surface area contributed by atoms with E-state index in [2.05, 4.69) is 8.99 Å². The van der Waals surface area contributed by atoms with Crippen LogP contribution in [0.1, 0.15) is 0 Å². The first-order chi connectivity index (χ1) is 6.87. The summed E-state index contributed by atoms with van der Waals surface area (Å²) in [4.78, 5) is 9.42. The van der Waals surface area contributed by atoms with Crippen LogP contribution in [0.5, 0.6) is 0 Å². The average molecular weight is 252 g/mol. The van der Waals surface area contributed by atoms with Crippen LogP contribution in [0.2, 0.25) is 0 Å². The van der Waals surface area contributed by atoms with E-state index in [0.717, 1.165) is 6.66 Å². The summed E-state index contributed by atoms with van der Waals surface area (Å²) in [7, 11) is -8.15. The molecule has 84 valence electrons. The maximum atomic E-state index is 11.6. The first-order valence-corrected chi connectivity index (χ1v) is 7.44. The Balaban J connectivity index is 2.95. The fourth-order valence-electron chi connectivity index (χ4n) is 0.879. The molecular formula is C7H10O6P2. The molecule has 0 saturated heterocycles. The normalized spacial score (nSPS) is 19.1. The minimum Gasteiger partial charge on any atom is -0.321 e. The lowest BCUT2D eigenvalue weighted by Crippen LogP contribution is -2.05. The molecule has 1 aromatic rings. The van der Waals surface area contributed by atoms with E-state index in [9.17, 15) is 14.0 Å². The van der Waals surface area contributed by atoms with Gasteiger partial charge in [-0.05, 0) is 12.1 Å². The van der Waals surface area contributed by atoms with Gasteiger partial charge in [0.2, 0.25) is 0 Å². The van der Waals surface area contributed by atoms with E-state index in [1.165, 1.54) is 24.3 Å². The predicted octanol–water partition coefficient (Wildman–Crippen LogP) is 1.83. The van der Waals surface area contributed by atoms with Crippen molar-refractivity contribution in [1.82, 2.24) is 0 Å². The van der Waals surface area contributed by atoms with Gasteiger partial charge < -0.3 is 4.89 Å². The summed E-state index contributed by atoms with van der Waals surface area (Å²) in [6.07, 6.45) is 0. The third kappa shape index (κ3) is 3.54. The van der Waals surface area contributed by atoms with Crippen molar-refractivity contribution in [2.24, 2.45) is 0 Å². The van der Waals surface area contributed by atoms with Crippen LogP contribution in [0, 0.1) is 0 Å². The zero-order valence-electron chi connectivity index (χ0n) is 7.81. The fourth-order valence-corrected chi connectivity index (χ4v) is 3.53. The SMILES string of the molecule is CP(=O)(OO)OP(=O)(O)c1ccccc1. The molecule has 8 heteroatoms. The molecule has 2 N–H and O–H groups in total. The van der Waals surface area contributed by atoms with Gasteiger partial charge in [0.05, 0.1) is 5.30 Å². The summed E-state index contributed by atoms with van der Waals surface area (Å²) in [6, 6.07) is 7.40. The van der Waals surface area contributed by atoms with Gasteiger partial charge in [-0.2, -0.15) is 4.67 Å². The van der Waals surface area contributed by atoms with Crippen molar-refractivity contribution in [3.63, 3.8) is 0 Å². The average Bonchev–Trinajstić information content (AvgIpc) is 2.18. The van der Waals surface area contributed by atoms with Crippen molar-refractivity contribution in [3.05, 3.63) is 30.3 Å². The standard InChI is InChI=1S/C7H10O6P2/c1-14(9,12-8)13-15(10,11)7-5-3-2-4-6-7/h2-6,8H,1H3,(H,10,11). The largest absolute Gasteiger partial charge is 0.365 e. The predicted molar refractivity (Wildman–Crippen MR) is 54.2 cm³/mol. The van der Waals surface area contributed by atoms with E-state index in [4.69, 9.17) is 5.26 Å². The number of hydrogen-bond donors (Lipinski definition) is 2. The Kier molecular flexibility index (Phi) is 3.84. The molecular weight excluding hydrogens is 242 g/mol. The highest BCUT2D eigenvalue weighted by molar-refractivity contribution is 7.70. The smallest absolute Gasteiger partial charge is 0.321 e. The van der Waals surface area contributed by atoms with E-state index in [-0.39, 0.29) is 5.30 Å². The quantitative estimate of drug-likeness (QED) is 0.482. The third-order valence-corrected chi connectivity index (χ3v) is 4.81. The van der Waals surface area contributed by atoms with Crippen LogP contribution in [-0.4, -0.2) is 16.8 Å². The van der Waals surface area contributed by atoms with Gasteiger partial charge in [-0.25, -0.2) is 9.57 Å². The van der Waals surface area contributed by atoms with Gasteiger partial charge in [0, 0.05) is 6.66 Å². The second-order valence-corrected chi connectivity index (χ2v) is 6.71. The first-order valence-electron chi connectivity index (χ1n) is 3.88. The number of rotatable bonds is 4. The molecule has 2 atom stereocenters. The highest BCUT2D eigenvalue weighted by Crippen LogP contribution is 2.58. The Morgan fingerprint density at radius 1 is 1.20 bits per heavy atom. The first kappa shape index (κ1) is 12.6. The molecule has 0 fully saturated rings. The second-order valence-electron chi connectivity index (χ2n) is 2.79. The molecule has 0 saturated carbocycles. The molecule has 0 aliphatic rings. The second kappa shape index (κ2) is 4.58. The molecule has 0 aliphatic carbocycles. The summed E-state index contributed by atoms with van der Waals surface area (Å²) in [6.45, 7) is 0.888. The van der Waals surface area contributed by atoms with Gasteiger partial charge in [-0.3, -0.25) is 9.13 Å². The van der Waals surface area contributed by atoms with E-state index < -0.39 is 15.2 Å². The molecule has 1 rings (SSSR count). The summed E-state index contributed by atoms with van der Waals surface area (Å²) < 4.78 is 30.6. The molecule has 0 spiro atoms. The van der Waals surface area contributed by atoms with Crippen LogP contribution in [0.25, 0.3) is 0 Å². The Hall–Kier alpha value is -0.480. The van der Waals surface area contributed by atoms with Crippen LogP contribution < -0.4 is 5.30 Å². The Morgan fingerprint density at radius 2 is 1.73 bits per heavy atom. The monoisotopic (exact) mass is 252 g/mol. The van der Waals surface area contributed by atoms with Crippen molar-refractivity contribution in [2.75, 3.05) is 6.66 Å². The van der Waals surface area contributed by atoms with E-state index in [1.807, 2.05) is 0 Å². The van der Waals surface area contributed by atoms with Gasteiger partial charge in [-0.15, -0.1) is 0 Å². The molecule has 0 amide bonds. The van der Waals surface area contributed by atoms with Gasteiger partial charge >= 0.3 is 15.2 Å². The molecule has 0 aromatic heterocycles. The lowest BCUT2D eigenvalue weighted by atomic mass is 10.4. The Bertz CT molecular complexity index is 417. The zero-order valence-corrected chi connectivity index (χ0v) is 9.60. The molecule has 0 aliphatic heterocycles.